The number of hydrogen-bond donors (Lipinski definition) is 1. The third kappa shape index (κ3) is 7.84. The molecule has 1 saturated heterocycles. The number of quaternary nitrogens is 1. The normalized spacial score (nSPS) is 17.4. The second-order valence-electron chi connectivity index (χ2n) is 10.7. The van der Waals surface area contributed by atoms with Crippen LogP contribution >= 0.6 is 0 Å². The molecule has 0 amide bonds. The van der Waals surface area contributed by atoms with Crippen LogP contribution in [0, 0.1) is 0 Å². The highest BCUT2D eigenvalue weighted by Crippen LogP contribution is 2.32. The third-order valence-corrected chi connectivity index (χ3v) is 7.82. The minimum absolute atomic E-state index is 0.101. The van der Waals surface area contributed by atoms with Crippen molar-refractivity contribution < 1.29 is 14.8 Å². The lowest BCUT2D eigenvalue weighted by molar-refractivity contribution is -0.642. The average Bonchev–Trinajstić information content (AvgIpc) is 2.98. The van der Waals surface area contributed by atoms with E-state index in [0.717, 1.165) is 52.0 Å². The van der Waals surface area contributed by atoms with Crippen LogP contribution in [-0.2, 0) is 9.53 Å². The van der Waals surface area contributed by atoms with Crippen molar-refractivity contribution in [2.75, 3.05) is 70.8 Å². The summed E-state index contributed by atoms with van der Waals surface area (Å²) in [5, 5.41) is 2.22. The number of unbranched alkanes of at least 4 members (excludes halogenated alkanes) is 2. The van der Waals surface area contributed by atoms with Crippen LogP contribution in [0.1, 0.15) is 36.8 Å². The fraction of sp³-hybridized carbons (Fsp3) is 0.424. The largest absolute Gasteiger partial charge is 0.469 e. The predicted octanol–water partition coefficient (Wildman–Crippen LogP) is 4.10. The molecule has 1 fully saturated rings. The maximum absolute atomic E-state index is 11.3. The second kappa shape index (κ2) is 14.2. The lowest BCUT2D eigenvalue weighted by atomic mass is 9.90. The number of benzene rings is 2. The Morgan fingerprint density at radius 1 is 0.897 bits per heavy atom. The van der Waals surface area contributed by atoms with Gasteiger partial charge in [0, 0.05) is 58.1 Å². The Labute approximate surface area is 234 Å². The second-order valence-corrected chi connectivity index (χ2v) is 10.7. The van der Waals surface area contributed by atoms with Crippen LogP contribution in [-0.4, -0.2) is 77.9 Å². The first-order valence-corrected chi connectivity index (χ1v) is 14.3. The molecule has 0 aromatic heterocycles. The minimum atomic E-state index is -0.101. The van der Waals surface area contributed by atoms with Crippen molar-refractivity contribution >= 4 is 22.9 Å². The van der Waals surface area contributed by atoms with Crippen LogP contribution in [0.3, 0.4) is 0 Å². The Balaban J connectivity index is 1.41. The molecule has 1 heterocycles. The molecule has 2 aromatic rings. The zero-order valence-electron chi connectivity index (χ0n) is 24.1. The molecule has 208 valence electrons. The molecule has 0 spiro atoms. The van der Waals surface area contributed by atoms with Crippen LogP contribution in [0.15, 0.2) is 78.4 Å². The highest BCUT2D eigenvalue weighted by atomic mass is 16.5. The van der Waals surface area contributed by atoms with Crippen molar-refractivity contribution in [3.05, 3.63) is 89.5 Å². The Hall–Kier alpha value is -3.35. The zero-order valence-corrected chi connectivity index (χ0v) is 24.1. The Morgan fingerprint density at radius 2 is 1.51 bits per heavy atom. The molecule has 6 heteroatoms. The molecule has 1 aliphatic heterocycles. The number of allylic oxidation sites excluding steroid dienone is 3. The zero-order chi connectivity index (χ0) is 27.6. The maximum atomic E-state index is 11.3. The summed E-state index contributed by atoms with van der Waals surface area (Å²) >= 11 is 0. The van der Waals surface area contributed by atoms with E-state index in [1.165, 1.54) is 40.8 Å². The number of methoxy groups -OCH3 is 1. The molecule has 0 saturated carbocycles. The molecule has 0 unspecified atom stereocenters. The summed E-state index contributed by atoms with van der Waals surface area (Å²) < 4.78 is 4.73. The fourth-order valence-electron chi connectivity index (χ4n) is 5.32. The number of nitrogens with zero attached hydrogens (tertiary/aromatic N) is 3. The smallest absolute Gasteiger partial charge is 0.305 e. The van der Waals surface area contributed by atoms with E-state index < -0.39 is 0 Å². The summed E-state index contributed by atoms with van der Waals surface area (Å²) in [6.45, 7) is 5.35. The highest BCUT2D eigenvalue weighted by Gasteiger charge is 2.18. The van der Waals surface area contributed by atoms with Gasteiger partial charge in [-0.05, 0) is 78.1 Å². The van der Waals surface area contributed by atoms with Crippen LogP contribution in [0.4, 0.5) is 11.4 Å². The van der Waals surface area contributed by atoms with Crippen LogP contribution in [0.2, 0.25) is 0 Å². The number of likely N-dealkylation sites (N-methyl/N-ethyl adjacent to an activating group) is 1. The van der Waals surface area contributed by atoms with E-state index in [9.17, 15) is 4.79 Å². The number of piperazine rings is 1. The lowest BCUT2D eigenvalue weighted by Crippen LogP contribution is -2.85. The molecule has 4 rings (SSSR count). The van der Waals surface area contributed by atoms with Gasteiger partial charge in [-0.15, -0.1) is 0 Å². The van der Waals surface area contributed by atoms with E-state index in [0.29, 0.717) is 12.5 Å². The molecule has 2 N–H and O–H groups in total. The summed E-state index contributed by atoms with van der Waals surface area (Å²) in [5.74, 6) is -0.101. The van der Waals surface area contributed by atoms with Gasteiger partial charge in [-0.2, -0.15) is 0 Å². The number of rotatable bonds is 11. The molecule has 0 bridgehead atoms. The first kappa shape index (κ1) is 28.7. The van der Waals surface area contributed by atoms with Gasteiger partial charge < -0.3 is 19.9 Å². The Kier molecular flexibility index (Phi) is 10.4. The van der Waals surface area contributed by atoms with E-state index >= 15 is 0 Å². The van der Waals surface area contributed by atoms with Crippen molar-refractivity contribution in [3.63, 3.8) is 0 Å². The molecule has 39 heavy (non-hydrogen) atoms. The monoisotopic (exact) mass is 529 g/mol. The van der Waals surface area contributed by atoms with Gasteiger partial charge in [-0.1, -0.05) is 42.8 Å². The van der Waals surface area contributed by atoms with E-state index in [1.807, 2.05) is 0 Å². The predicted molar refractivity (Wildman–Crippen MR) is 162 cm³/mol. The minimum Gasteiger partial charge on any atom is -0.469 e. The fourth-order valence-corrected chi connectivity index (χ4v) is 5.32. The van der Waals surface area contributed by atoms with Gasteiger partial charge in [0.2, 0.25) is 0 Å². The number of carbonyl (C=O) groups is 1. The summed E-state index contributed by atoms with van der Waals surface area (Å²) in [6.07, 6.45) is 12.7. The third-order valence-electron chi connectivity index (χ3n) is 7.82. The molecular formula is C33H45N4O2+. The summed E-state index contributed by atoms with van der Waals surface area (Å²) in [4.78, 5) is 18.4. The number of hydrogen-bond acceptors (Lipinski definition) is 5. The van der Waals surface area contributed by atoms with Crippen LogP contribution in [0.25, 0.3) is 5.57 Å². The SMILES string of the molecule is C[NH2+]C1C=CC(=C(c2ccc(N(C)C)cc2)c2ccc(N3CCN(CCCCCC(=O)OC)CC3)cc2)C=C1. The lowest BCUT2D eigenvalue weighted by Gasteiger charge is -2.36. The van der Waals surface area contributed by atoms with Gasteiger partial charge in [-0.25, -0.2) is 0 Å². The molecule has 6 nitrogen and oxygen atoms in total. The first-order valence-electron chi connectivity index (χ1n) is 14.3. The van der Waals surface area contributed by atoms with Crippen LogP contribution in [0.5, 0.6) is 0 Å². The molecule has 0 radical (unpaired) electrons. The number of nitrogens with two attached hydrogens (primary N) is 1. The van der Waals surface area contributed by atoms with Crippen molar-refractivity contribution in [1.29, 1.82) is 0 Å². The van der Waals surface area contributed by atoms with E-state index in [-0.39, 0.29) is 5.97 Å². The van der Waals surface area contributed by atoms with E-state index in [4.69, 9.17) is 4.74 Å². The van der Waals surface area contributed by atoms with E-state index in [2.05, 4.69) is 114 Å². The quantitative estimate of drug-likeness (QED) is 0.351. The van der Waals surface area contributed by atoms with Gasteiger partial charge in [0.1, 0.15) is 6.04 Å². The molecule has 0 atom stereocenters. The molecule has 2 aromatic carbocycles. The number of anilines is 2. The summed E-state index contributed by atoms with van der Waals surface area (Å²) in [6, 6.07) is 18.4. The standard InChI is InChI=1S/C33H44N4O2/c1-34-29-15-9-26(10-16-29)33(27-11-17-30(18-12-27)35(2)3)28-13-19-31(20-14-28)37-24-22-36(23-25-37)21-7-5-6-8-32(38)39-4/h9-20,29,34H,5-8,21-25H2,1-4H3/p+1. The summed E-state index contributed by atoms with van der Waals surface area (Å²) in [7, 11) is 7.73. The van der Waals surface area contributed by atoms with Crippen molar-refractivity contribution in [1.82, 2.24) is 4.90 Å². The number of esters is 1. The van der Waals surface area contributed by atoms with Gasteiger partial charge in [0.15, 0.2) is 0 Å². The number of ether oxygens (including phenoxy) is 1. The van der Waals surface area contributed by atoms with E-state index in [1.54, 1.807) is 0 Å². The Bertz CT molecular complexity index is 1140. The topological polar surface area (TPSA) is 52.6 Å². The first-order chi connectivity index (χ1) is 19.0. The highest BCUT2D eigenvalue weighted by molar-refractivity contribution is 5.86. The number of carbonyl (C=O) groups excluding carboxylic acids is 1. The maximum Gasteiger partial charge on any atom is 0.305 e. The van der Waals surface area contributed by atoms with Gasteiger partial charge in [-0.3, -0.25) is 9.69 Å². The van der Waals surface area contributed by atoms with Crippen molar-refractivity contribution in [3.8, 4) is 0 Å². The Morgan fingerprint density at radius 3 is 2.08 bits per heavy atom. The molecular weight excluding hydrogens is 484 g/mol. The van der Waals surface area contributed by atoms with Gasteiger partial charge in [0.25, 0.3) is 0 Å². The van der Waals surface area contributed by atoms with Gasteiger partial charge >= 0.3 is 5.97 Å². The average molecular weight is 530 g/mol. The molecule has 2 aliphatic rings. The van der Waals surface area contributed by atoms with Crippen molar-refractivity contribution in [2.45, 2.75) is 31.7 Å². The summed E-state index contributed by atoms with van der Waals surface area (Å²) in [5.41, 5.74) is 7.49. The van der Waals surface area contributed by atoms with Crippen molar-refractivity contribution in [2.24, 2.45) is 0 Å². The molecule has 1 aliphatic carbocycles. The van der Waals surface area contributed by atoms with Crippen LogP contribution < -0.4 is 15.1 Å². The van der Waals surface area contributed by atoms with Gasteiger partial charge in [0.05, 0.1) is 14.2 Å².